The lowest BCUT2D eigenvalue weighted by atomic mass is 9.95. The Balaban J connectivity index is 1.65. The van der Waals surface area contributed by atoms with Crippen LogP contribution in [0.15, 0.2) is 53.4 Å². The fourth-order valence-electron chi connectivity index (χ4n) is 4.16. The van der Waals surface area contributed by atoms with Crippen molar-refractivity contribution in [3.63, 3.8) is 0 Å². The number of hydrogen-bond acceptors (Lipinski definition) is 3. The molecule has 0 aliphatic heterocycles. The minimum Gasteiger partial charge on any atom is -0.352 e. The molecule has 1 N–H and O–H groups in total. The van der Waals surface area contributed by atoms with Gasteiger partial charge in [0.05, 0.1) is 0 Å². The Labute approximate surface area is 197 Å². The van der Waals surface area contributed by atoms with Crippen molar-refractivity contribution in [2.45, 2.75) is 82.8 Å². The molecule has 172 valence electrons. The average Bonchev–Trinajstić information content (AvgIpc) is 2.80. The van der Waals surface area contributed by atoms with E-state index in [1.165, 1.54) is 24.8 Å². The highest BCUT2D eigenvalue weighted by atomic mass is 32.2. The number of benzene rings is 2. The first-order chi connectivity index (χ1) is 15.4. The van der Waals surface area contributed by atoms with Crippen molar-refractivity contribution < 1.29 is 9.59 Å². The lowest BCUT2D eigenvalue weighted by Crippen LogP contribution is -2.50. The van der Waals surface area contributed by atoms with Gasteiger partial charge in [-0.1, -0.05) is 61.2 Å². The van der Waals surface area contributed by atoms with Crippen LogP contribution in [0.2, 0.25) is 0 Å². The highest BCUT2D eigenvalue weighted by molar-refractivity contribution is 7.99. The van der Waals surface area contributed by atoms with Gasteiger partial charge in [0.2, 0.25) is 11.8 Å². The number of aryl methyl sites for hydroxylation is 2. The standard InChI is InChI=1S/C27H36N2O2S/c1-20-13-15-25(16-14-20)32-18-17-26(30)29(19-23-10-8-7-9-21(23)2)22(3)27(31)28-24-11-5-4-6-12-24/h7-10,13-16,22,24H,4-6,11-12,17-19H2,1-3H3,(H,28,31)/t22-/m0/s1. The topological polar surface area (TPSA) is 49.4 Å². The van der Waals surface area contributed by atoms with E-state index >= 15 is 0 Å². The zero-order valence-corrected chi connectivity index (χ0v) is 20.4. The molecule has 0 heterocycles. The van der Waals surface area contributed by atoms with Crippen LogP contribution in [0.1, 0.15) is 62.1 Å². The molecule has 2 aromatic carbocycles. The first-order valence-electron chi connectivity index (χ1n) is 11.8. The monoisotopic (exact) mass is 452 g/mol. The number of nitrogens with zero attached hydrogens (tertiary/aromatic N) is 1. The quantitative estimate of drug-likeness (QED) is 0.500. The molecule has 4 nitrogen and oxygen atoms in total. The molecule has 0 unspecified atom stereocenters. The predicted molar refractivity (Wildman–Crippen MR) is 133 cm³/mol. The molecule has 0 spiro atoms. The van der Waals surface area contributed by atoms with Crippen LogP contribution in [0.25, 0.3) is 0 Å². The van der Waals surface area contributed by atoms with Crippen molar-refractivity contribution in [1.29, 1.82) is 0 Å². The molecule has 1 atom stereocenters. The summed E-state index contributed by atoms with van der Waals surface area (Å²) < 4.78 is 0. The van der Waals surface area contributed by atoms with E-state index in [1.807, 2.05) is 25.1 Å². The summed E-state index contributed by atoms with van der Waals surface area (Å²) in [7, 11) is 0. The van der Waals surface area contributed by atoms with E-state index in [4.69, 9.17) is 0 Å². The summed E-state index contributed by atoms with van der Waals surface area (Å²) in [4.78, 5) is 29.2. The molecule has 2 amide bonds. The second-order valence-corrected chi connectivity index (χ2v) is 10.0. The first kappa shape index (κ1) is 24.4. The Kier molecular flexibility index (Phi) is 9.22. The molecule has 2 aromatic rings. The van der Waals surface area contributed by atoms with Crippen LogP contribution in [0.5, 0.6) is 0 Å². The van der Waals surface area contributed by atoms with E-state index < -0.39 is 6.04 Å². The molecule has 0 radical (unpaired) electrons. The van der Waals surface area contributed by atoms with E-state index in [9.17, 15) is 9.59 Å². The van der Waals surface area contributed by atoms with Crippen LogP contribution in [0.4, 0.5) is 0 Å². The highest BCUT2D eigenvalue weighted by Crippen LogP contribution is 2.22. The molecule has 3 rings (SSSR count). The van der Waals surface area contributed by atoms with Gasteiger partial charge in [0.15, 0.2) is 0 Å². The average molecular weight is 453 g/mol. The van der Waals surface area contributed by atoms with Crippen molar-refractivity contribution >= 4 is 23.6 Å². The Morgan fingerprint density at radius 1 is 1.03 bits per heavy atom. The highest BCUT2D eigenvalue weighted by Gasteiger charge is 2.28. The molecule has 1 aliphatic rings. The largest absolute Gasteiger partial charge is 0.352 e. The summed E-state index contributed by atoms with van der Waals surface area (Å²) in [5.74, 6) is 0.688. The molecule has 1 fully saturated rings. The lowest BCUT2D eigenvalue weighted by molar-refractivity contribution is -0.140. The Morgan fingerprint density at radius 3 is 2.41 bits per heavy atom. The van der Waals surface area contributed by atoms with Gasteiger partial charge >= 0.3 is 0 Å². The van der Waals surface area contributed by atoms with E-state index in [1.54, 1.807) is 16.7 Å². The minimum atomic E-state index is -0.492. The Bertz CT molecular complexity index is 891. The van der Waals surface area contributed by atoms with Crippen LogP contribution in [0.3, 0.4) is 0 Å². The van der Waals surface area contributed by atoms with Gasteiger partial charge in [0.25, 0.3) is 0 Å². The molecule has 0 bridgehead atoms. The number of carbonyl (C=O) groups is 2. The van der Waals surface area contributed by atoms with Gasteiger partial charge in [-0.15, -0.1) is 11.8 Å². The van der Waals surface area contributed by atoms with Gasteiger partial charge in [-0.3, -0.25) is 9.59 Å². The molecule has 5 heteroatoms. The third-order valence-electron chi connectivity index (χ3n) is 6.33. The zero-order valence-electron chi connectivity index (χ0n) is 19.6. The summed E-state index contributed by atoms with van der Waals surface area (Å²) in [5, 5.41) is 3.20. The number of carbonyl (C=O) groups excluding carboxylic acids is 2. The third kappa shape index (κ3) is 7.13. The van der Waals surface area contributed by atoms with Crippen molar-refractivity contribution in [1.82, 2.24) is 10.2 Å². The number of thioether (sulfide) groups is 1. The number of nitrogens with one attached hydrogen (secondary N) is 1. The van der Waals surface area contributed by atoms with E-state index in [-0.39, 0.29) is 17.9 Å². The van der Waals surface area contributed by atoms with Gasteiger partial charge in [-0.25, -0.2) is 0 Å². The lowest BCUT2D eigenvalue weighted by Gasteiger charge is -2.31. The maximum Gasteiger partial charge on any atom is 0.242 e. The van der Waals surface area contributed by atoms with Crippen LogP contribution in [-0.2, 0) is 16.1 Å². The smallest absolute Gasteiger partial charge is 0.242 e. The second kappa shape index (κ2) is 12.1. The SMILES string of the molecule is Cc1ccc(SCCC(=O)N(Cc2ccccc2C)[C@@H](C)C(=O)NC2CCCCC2)cc1. The number of amides is 2. The molecular weight excluding hydrogens is 416 g/mol. The second-order valence-electron chi connectivity index (χ2n) is 8.88. The molecule has 0 saturated heterocycles. The van der Waals surface area contributed by atoms with E-state index in [0.29, 0.717) is 18.7 Å². The van der Waals surface area contributed by atoms with Crippen LogP contribution in [0, 0.1) is 13.8 Å². The van der Waals surface area contributed by atoms with Gasteiger partial charge < -0.3 is 10.2 Å². The van der Waals surface area contributed by atoms with E-state index in [2.05, 4.69) is 49.5 Å². The molecule has 32 heavy (non-hydrogen) atoms. The summed E-state index contributed by atoms with van der Waals surface area (Å²) in [5.41, 5.74) is 3.45. The van der Waals surface area contributed by atoms with Gasteiger partial charge in [-0.2, -0.15) is 0 Å². The van der Waals surface area contributed by atoms with Crippen LogP contribution in [-0.4, -0.2) is 34.6 Å². The molecule has 1 aliphatic carbocycles. The minimum absolute atomic E-state index is 0.0270. The van der Waals surface area contributed by atoms with Crippen LogP contribution < -0.4 is 5.32 Å². The Morgan fingerprint density at radius 2 is 1.72 bits per heavy atom. The maximum atomic E-state index is 13.3. The number of rotatable bonds is 9. The normalized spacial score (nSPS) is 15.2. The fourth-order valence-corrected chi connectivity index (χ4v) is 5.00. The Hall–Kier alpha value is -2.27. The summed E-state index contributed by atoms with van der Waals surface area (Å²) >= 11 is 1.68. The fraction of sp³-hybridized carbons (Fsp3) is 0.481. The van der Waals surface area contributed by atoms with Gasteiger partial charge in [0, 0.05) is 29.7 Å². The van der Waals surface area contributed by atoms with Crippen molar-refractivity contribution in [3.05, 3.63) is 65.2 Å². The summed E-state index contributed by atoms with van der Waals surface area (Å²) in [6, 6.07) is 16.2. The molecular formula is C27H36N2O2S. The predicted octanol–water partition coefficient (Wildman–Crippen LogP) is 5.65. The van der Waals surface area contributed by atoms with Crippen molar-refractivity contribution in [2.24, 2.45) is 0 Å². The third-order valence-corrected chi connectivity index (χ3v) is 7.34. The van der Waals surface area contributed by atoms with Gasteiger partial charge in [-0.05, 0) is 56.9 Å². The van der Waals surface area contributed by atoms with E-state index in [0.717, 1.165) is 28.9 Å². The summed E-state index contributed by atoms with van der Waals surface area (Å²) in [6.07, 6.45) is 6.07. The van der Waals surface area contributed by atoms with Crippen LogP contribution >= 0.6 is 11.8 Å². The first-order valence-corrected chi connectivity index (χ1v) is 12.8. The molecule has 0 aromatic heterocycles. The van der Waals surface area contributed by atoms with Crippen molar-refractivity contribution in [2.75, 3.05) is 5.75 Å². The van der Waals surface area contributed by atoms with Gasteiger partial charge in [0.1, 0.15) is 6.04 Å². The maximum absolute atomic E-state index is 13.3. The van der Waals surface area contributed by atoms with Crippen molar-refractivity contribution in [3.8, 4) is 0 Å². The zero-order chi connectivity index (χ0) is 22.9. The molecule has 1 saturated carbocycles. The number of hydrogen-bond donors (Lipinski definition) is 1. The summed E-state index contributed by atoms with van der Waals surface area (Å²) in [6.45, 7) is 6.45.